The van der Waals surface area contributed by atoms with Crippen molar-refractivity contribution in [2.24, 2.45) is 11.8 Å². The maximum atomic E-state index is 12.2. The molecule has 3 unspecified atom stereocenters. The van der Waals surface area contributed by atoms with Gasteiger partial charge in [-0.3, -0.25) is 4.79 Å². The Bertz CT molecular complexity index is 374. The molecule has 0 aromatic heterocycles. The summed E-state index contributed by atoms with van der Waals surface area (Å²) in [6.07, 6.45) is 3.33. The first-order chi connectivity index (χ1) is 8.79. The quantitative estimate of drug-likeness (QED) is 0.836. The number of hydrogen-bond donors (Lipinski definition) is 1. The molecular formula is C14H23NO4. The van der Waals surface area contributed by atoms with E-state index in [0.717, 1.165) is 19.3 Å². The van der Waals surface area contributed by atoms with Crippen molar-refractivity contribution in [1.29, 1.82) is 0 Å². The van der Waals surface area contributed by atoms with Gasteiger partial charge in [0.15, 0.2) is 0 Å². The van der Waals surface area contributed by atoms with E-state index < -0.39 is 11.6 Å². The second-order valence-electron chi connectivity index (χ2n) is 6.58. The van der Waals surface area contributed by atoms with E-state index >= 15 is 0 Å². The average Bonchev–Trinajstić information content (AvgIpc) is 3.06. The summed E-state index contributed by atoms with van der Waals surface area (Å²) in [7, 11) is 0. The molecule has 0 aromatic carbocycles. The third-order valence-electron chi connectivity index (χ3n) is 3.83. The number of amides is 1. The summed E-state index contributed by atoms with van der Waals surface area (Å²) in [5.74, 6) is -0.891. The van der Waals surface area contributed by atoms with Crippen molar-refractivity contribution in [3.8, 4) is 0 Å². The topological polar surface area (TPSA) is 66.8 Å². The van der Waals surface area contributed by atoms with Crippen LogP contribution in [0.25, 0.3) is 0 Å². The molecule has 5 heteroatoms. The lowest BCUT2D eigenvalue weighted by Crippen LogP contribution is -2.47. The molecule has 5 nitrogen and oxygen atoms in total. The third kappa shape index (κ3) is 3.39. The number of carbonyl (C=O) groups excluding carboxylic acids is 1. The predicted molar refractivity (Wildman–Crippen MR) is 69.8 cm³/mol. The van der Waals surface area contributed by atoms with Gasteiger partial charge >= 0.3 is 12.1 Å². The Hall–Kier alpha value is -1.26. The van der Waals surface area contributed by atoms with Crippen molar-refractivity contribution in [2.45, 2.75) is 58.1 Å². The van der Waals surface area contributed by atoms with Gasteiger partial charge in [-0.25, -0.2) is 4.79 Å². The number of rotatable bonds is 2. The monoisotopic (exact) mass is 269 g/mol. The highest BCUT2D eigenvalue weighted by Crippen LogP contribution is 2.46. The SMILES string of the molecule is CC(C)(C)OC(=O)N1CCCCC1C1CC1C(=O)O. The number of nitrogens with zero attached hydrogens (tertiary/aromatic N) is 1. The van der Waals surface area contributed by atoms with E-state index in [1.165, 1.54) is 0 Å². The maximum absolute atomic E-state index is 12.2. The van der Waals surface area contributed by atoms with Crippen molar-refractivity contribution in [2.75, 3.05) is 6.54 Å². The van der Waals surface area contributed by atoms with Gasteiger partial charge in [0.1, 0.15) is 5.60 Å². The molecule has 19 heavy (non-hydrogen) atoms. The van der Waals surface area contributed by atoms with E-state index in [1.54, 1.807) is 4.90 Å². The van der Waals surface area contributed by atoms with Crippen LogP contribution >= 0.6 is 0 Å². The maximum Gasteiger partial charge on any atom is 0.410 e. The summed E-state index contributed by atoms with van der Waals surface area (Å²) in [6.45, 7) is 6.23. The van der Waals surface area contributed by atoms with Gasteiger partial charge in [0.2, 0.25) is 0 Å². The van der Waals surface area contributed by atoms with Crippen LogP contribution < -0.4 is 0 Å². The summed E-state index contributed by atoms with van der Waals surface area (Å²) in [5, 5.41) is 9.03. The van der Waals surface area contributed by atoms with Crippen LogP contribution in [0.5, 0.6) is 0 Å². The van der Waals surface area contributed by atoms with Crippen LogP contribution in [0.15, 0.2) is 0 Å². The van der Waals surface area contributed by atoms with Crippen molar-refractivity contribution < 1.29 is 19.4 Å². The largest absolute Gasteiger partial charge is 0.481 e. The molecule has 108 valence electrons. The van der Waals surface area contributed by atoms with Crippen molar-refractivity contribution >= 4 is 12.1 Å². The lowest BCUT2D eigenvalue weighted by Gasteiger charge is -2.37. The number of hydrogen-bond acceptors (Lipinski definition) is 3. The van der Waals surface area contributed by atoms with Crippen LogP contribution in [-0.2, 0) is 9.53 Å². The first-order valence-corrected chi connectivity index (χ1v) is 7.02. The zero-order chi connectivity index (χ0) is 14.2. The van der Waals surface area contributed by atoms with Crippen molar-refractivity contribution in [1.82, 2.24) is 4.90 Å². The summed E-state index contributed by atoms with van der Waals surface area (Å²) in [5.41, 5.74) is -0.505. The van der Waals surface area contributed by atoms with Gasteiger partial charge in [0, 0.05) is 12.6 Å². The molecule has 2 aliphatic rings. The summed E-state index contributed by atoms with van der Waals surface area (Å²) in [6, 6.07) is 0.0460. The van der Waals surface area contributed by atoms with Gasteiger partial charge in [0.05, 0.1) is 5.92 Å². The smallest absolute Gasteiger partial charge is 0.410 e. The number of aliphatic carboxylic acids is 1. The lowest BCUT2D eigenvalue weighted by molar-refractivity contribution is -0.139. The fraction of sp³-hybridized carbons (Fsp3) is 0.857. The molecule has 1 saturated heterocycles. The van der Waals surface area contributed by atoms with Crippen molar-refractivity contribution in [3.05, 3.63) is 0 Å². The number of piperidine rings is 1. The van der Waals surface area contributed by atoms with E-state index in [9.17, 15) is 9.59 Å². The van der Waals surface area contributed by atoms with Crippen LogP contribution in [0.3, 0.4) is 0 Å². The van der Waals surface area contributed by atoms with Crippen LogP contribution in [-0.4, -0.2) is 40.3 Å². The zero-order valence-electron chi connectivity index (χ0n) is 11.9. The van der Waals surface area contributed by atoms with Gasteiger partial charge in [-0.05, 0) is 52.4 Å². The normalized spacial score (nSPS) is 30.9. The Morgan fingerprint density at radius 2 is 1.95 bits per heavy atom. The van der Waals surface area contributed by atoms with Gasteiger partial charge in [0.25, 0.3) is 0 Å². The van der Waals surface area contributed by atoms with E-state index in [0.29, 0.717) is 13.0 Å². The Balaban J connectivity index is 2.01. The fourth-order valence-electron chi connectivity index (χ4n) is 2.87. The average molecular weight is 269 g/mol. The first kappa shape index (κ1) is 14.2. The van der Waals surface area contributed by atoms with Gasteiger partial charge in [-0.15, -0.1) is 0 Å². The number of likely N-dealkylation sites (tertiary alicyclic amines) is 1. The Morgan fingerprint density at radius 1 is 1.26 bits per heavy atom. The van der Waals surface area contributed by atoms with Crippen LogP contribution in [0, 0.1) is 11.8 Å². The van der Waals surface area contributed by atoms with Crippen LogP contribution in [0.1, 0.15) is 46.5 Å². The molecule has 0 radical (unpaired) electrons. The zero-order valence-corrected chi connectivity index (χ0v) is 11.9. The summed E-state index contributed by atoms with van der Waals surface area (Å²) < 4.78 is 5.42. The lowest BCUT2D eigenvalue weighted by atomic mass is 9.97. The Morgan fingerprint density at radius 3 is 2.47 bits per heavy atom. The predicted octanol–water partition coefficient (Wildman–Crippen LogP) is 2.50. The molecule has 1 saturated carbocycles. The number of carboxylic acid groups (broad SMARTS) is 1. The summed E-state index contributed by atoms with van der Waals surface area (Å²) >= 11 is 0. The molecule has 2 rings (SSSR count). The molecule has 1 amide bonds. The molecule has 1 N–H and O–H groups in total. The molecule has 1 heterocycles. The summed E-state index contributed by atoms with van der Waals surface area (Å²) in [4.78, 5) is 24.9. The molecular weight excluding hydrogens is 246 g/mol. The van der Waals surface area contributed by atoms with E-state index in [2.05, 4.69) is 0 Å². The molecule has 1 aliphatic carbocycles. The van der Waals surface area contributed by atoms with E-state index in [-0.39, 0.29) is 24.0 Å². The molecule has 3 atom stereocenters. The van der Waals surface area contributed by atoms with Gasteiger partial charge in [-0.1, -0.05) is 0 Å². The van der Waals surface area contributed by atoms with Crippen molar-refractivity contribution in [3.63, 3.8) is 0 Å². The molecule has 2 fully saturated rings. The third-order valence-corrected chi connectivity index (χ3v) is 3.83. The highest BCUT2D eigenvalue weighted by Gasteiger charge is 2.51. The standard InChI is InChI=1S/C14H23NO4/c1-14(2,3)19-13(18)15-7-5-4-6-11(15)9-8-10(9)12(16)17/h9-11H,4-8H2,1-3H3,(H,16,17). The highest BCUT2D eigenvalue weighted by atomic mass is 16.6. The molecule has 1 aliphatic heterocycles. The number of carbonyl (C=O) groups is 2. The number of carboxylic acids is 1. The molecule has 0 bridgehead atoms. The second kappa shape index (κ2) is 5.02. The van der Waals surface area contributed by atoms with Gasteiger partial charge < -0.3 is 14.7 Å². The minimum Gasteiger partial charge on any atom is -0.481 e. The van der Waals surface area contributed by atoms with Crippen LogP contribution in [0.4, 0.5) is 4.79 Å². The molecule has 0 aromatic rings. The Kier molecular flexibility index (Phi) is 3.74. The Labute approximate surface area is 113 Å². The van der Waals surface area contributed by atoms with E-state index in [1.807, 2.05) is 20.8 Å². The fourth-order valence-corrected chi connectivity index (χ4v) is 2.87. The first-order valence-electron chi connectivity index (χ1n) is 7.02. The highest BCUT2D eigenvalue weighted by molar-refractivity contribution is 5.74. The minimum atomic E-state index is -0.736. The minimum absolute atomic E-state index is 0.0460. The van der Waals surface area contributed by atoms with Gasteiger partial charge in [-0.2, -0.15) is 0 Å². The number of ether oxygens (including phenoxy) is 1. The molecule has 0 spiro atoms. The van der Waals surface area contributed by atoms with Crippen LogP contribution in [0.2, 0.25) is 0 Å². The second-order valence-corrected chi connectivity index (χ2v) is 6.58. The van der Waals surface area contributed by atoms with E-state index in [4.69, 9.17) is 9.84 Å².